The topological polar surface area (TPSA) is 117 Å². The van der Waals surface area contributed by atoms with Gasteiger partial charge in [-0.2, -0.15) is 0 Å². The number of phenolic OH excluding ortho intramolecular Hbond substituents is 1. The summed E-state index contributed by atoms with van der Waals surface area (Å²) in [7, 11) is 0. The molecule has 3 aliphatic rings. The molecule has 0 spiro atoms. The first kappa shape index (κ1) is 20.5. The lowest BCUT2D eigenvalue weighted by Crippen LogP contribution is -2.69. The number of ether oxygens (including phenoxy) is 1. The lowest BCUT2D eigenvalue weighted by molar-refractivity contribution is -0.159. The normalized spacial score (nSPS) is 21.5. The van der Waals surface area contributed by atoms with Crippen molar-refractivity contribution in [2.45, 2.75) is 44.0 Å². The number of amides is 2. The number of aromatic hydroxyl groups is 1. The zero-order valence-electron chi connectivity index (χ0n) is 18.0. The first-order chi connectivity index (χ1) is 16.4. The van der Waals surface area contributed by atoms with E-state index in [4.69, 9.17) is 9.15 Å². The molecule has 9 heteroatoms. The second kappa shape index (κ2) is 7.18. The second-order valence-electron chi connectivity index (χ2n) is 8.82. The smallest absolute Gasteiger partial charge is 0.354 e. The predicted octanol–water partition coefficient (Wildman–Crippen LogP) is 2.68. The molecule has 2 aromatic carbocycles. The van der Waals surface area contributed by atoms with Crippen LogP contribution >= 0.6 is 0 Å². The van der Waals surface area contributed by atoms with Gasteiger partial charge in [-0.25, -0.2) is 9.59 Å². The molecule has 1 aliphatic carbocycles. The molecule has 3 heterocycles. The van der Waals surface area contributed by atoms with Crippen LogP contribution in [0, 0.1) is 0 Å². The third-order valence-corrected chi connectivity index (χ3v) is 6.71. The molecule has 0 unspecified atom stereocenters. The van der Waals surface area contributed by atoms with Crippen LogP contribution in [0.15, 0.2) is 57.7 Å². The maximum Gasteiger partial charge on any atom is 0.354 e. The van der Waals surface area contributed by atoms with E-state index in [1.807, 2.05) is 0 Å². The third-order valence-electron chi connectivity index (χ3n) is 6.71. The third kappa shape index (κ3) is 2.86. The van der Waals surface area contributed by atoms with Gasteiger partial charge in [0, 0.05) is 42.0 Å². The average Bonchev–Trinajstić information content (AvgIpc) is 3.59. The monoisotopic (exact) mass is 460 g/mol. The molecule has 1 aromatic heterocycles. The van der Waals surface area contributed by atoms with E-state index in [1.165, 1.54) is 28.0 Å². The van der Waals surface area contributed by atoms with Gasteiger partial charge in [-0.05, 0) is 37.1 Å². The largest absolute Gasteiger partial charge is 0.508 e. The van der Waals surface area contributed by atoms with Crippen molar-refractivity contribution in [2.75, 3.05) is 4.90 Å². The van der Waals surface area contributed by atoms with Gasteiger partial charge in [-0.1, -0.05) is 12.1 Å². The summed E-state index contributed by atoms with van der Waals surface area (Å²) in [6, 6.07) is 12.2. The van der Waals surface area contributed by atoms with Crippen LogP contribution in [0.5, 0.6) is 5.75 Å². The zero-order valence-corrected chi connectivity index (χ0v) is 18.0. The number of hydrogen-bond donors (Lipinski definition) is 1. The lowest BCUT2D eigenvalue weighted by Gasteiger charge is -2.48. The van der Waals surface area contributed by atoms with E-state index < -0.39 is 17.3 Å². The van der Waals surface area contributed by atoms with Crippen LogP contribution in [0.4, 0.5) is 5.69 Å². The Bertz CT molecular complexity index is 1440. The van der Waals surface area contributed by atoms with Crippen LogP contribution in [-0.2, 0) is 20.9 Å². The van der Waals surface area contributed by atoms with E-state index in [2.05, 4.69) is 0 Å². The van der Waals surface area contributed by atoms with Crippen molar-refractivity contribution in [3.63, 3.8) is 0 Å². The SMILES string of the molecule is O=C1CC[C@]2(C(=O)OCc3cc(=O)oc4cc(O)ccc34)N1c1ccccc1C(=O)N2C1CC1. The highest BCUT2D eigenvalue weighted by atomic mass is 16.5. The Morgan fingerprint density at radius 2 is 1.91 bits per heavy atom. The minimum Gasteiger partial charge on any atom is -0.508 e. The molecule has 2 amide bonds. The van der Waals surface area contributed by atoms with E-state index in [0.717, 1.165) is 12.8 Å². The number of rotatable bonds is 4. The zero-order chi connectivity index (χ0) is 23.6. The van der Waals surface area contributed by atoms with Gasteiger partial charge in [0.25, 0.3) is 5.91 Å². The molecular formula is C25H20N2O7. The number of esters is 1. The van der Waals surface area contributed by atoms with Crippen LogP contribution in [0.3, 0.4) is 0 Å². The summed E-state index contributed by atoms with van der Waals surface area (Å²) in [5, 5.41) is 10.2. The summed E-state index contributed by atoms with van der Waals surface area (Å²) in [4.78, 5) is 55.2. The molecule has 1 atom stereocenters. The fourth-order valence-electron chi connectivity index (χ4n) is 5.11. The number of anilines is 1. The fourth-order valence-corrected chi connectivity index (χ4v) is 5.11. The van der Waals surface area contributed by atoms with E-state index >= 15 is 0 Å². The molecule has 6 rings (SSSR count). The summed E-state index contributed by atoms with van der Waals surface area (Å²) in [6.45, 7) is -0.260. The standard InChI is InChI=1S/C25H20N2O7/c28-16-7-8-17-14(11-22(30)34-20(17)12-16)13-33-24(32)25-10-9-21(29)27(25)19-4-2-1-3-18(19)23(31)26(25)15-5-6-15/h1-4,7-8,11-12,15,28H,5-6,9-10,13H2/t25-/m1/s1. The number of carbonyl (C=O) groups is 3. The van der Waals surface area contributed by atoms with Gasteiger partial charge in [-0.15, -0.1) is 0 Å². The number of phenols is 1. The summed E-state index contributed by atoms with van der Waals surface area (Å²) >= 11 is 0. The molecule has 0 radical (unpaired) electrons. The van der Waals surface area contributed by atoms with Crippen LogP contribution in [0.2, 0.25) is 0 Å². The number of nitrogens with zero attached hydrogens (tertiary/aromatic N) is 2. The molecule has 172 valence electrons. The average molecular weight is 460 g/mol. The predicted molar refractivity (Wildman–Crippen MR) is 119 cm³/mol. The molecular weight excluding hydrogens is 440 g/mol. The highest BCUT2D eigenvalue weighted by Gasteiger charge is 2.64. The Morgan fingerprint density at radius 1 is 1.12 bits per heavy atom. The molecule has 1 saturated carbocycles. The highest BCUT2D eigenvalue weighted by molar-refractivity contribution is 6.15. The van der Waals surface area contributed by atoms with Crippen LogP contribution in [0.25, 0.3) is 11.0 Å². The Morgan fingerprint density at radius 3 is 2.71 bits per heavy atom. The van der Waals surface area contributed by atoms with Crippen molar-refractivity contribution >= 4 is 34.4 Å². The molecule has 1 saturated heterocycles. The van der Waals surface area contributed by atoms with Crippen LogP contribution in [-0.4, -0.2) is 39.5 Å². The molecule has 3 aromatic rings. The number of fused-ring (bicyclic) bond motifs is 4. The fraction of sp³-hybridized carbons (Fsp3) is 0.280. The maximum absolute atomic E-state index is 13.7. The second-order valence-corrected chi connectivity index (χ2v) is 8.82. The molecule has 2 aliphatic heterocycles. The molecule has 9 nitrogen and oxygen atoms in total. The van der Waals surface area contributed by atoms with Crippen molar-refractivity contribution in [1.82, 2.24) is 4.90 Å². The Kier molecular flexibility index (Phi) is 4.32. The summed E-state index contributed by atoms with van der Waals surface area (Å²) in [5.41, 5.74) is -0.855. The minimum absolute atomic E-state index is 0.0664. The van der Waals surface area contributed by atoms with Gasteiger partial charge in [0.1, 0.15) is 17.9 Å². The molecule has 0 bridgehead atoms. The Balaban J connectivity index is 1.41. The molecule has 34 heavy (non-hydrogen) atoms. The first-order valence-corrected chi connectivity index (χ1v) is 11.1. The number of carbonyl (C=O) groups excluding carboxylic acids is 3. The van der Waals surface area contributed by atoms with Crippen molar-refractivity contribution in [1.29, 1.82) is 0 Å². The first-order valence-electron chi connectivity index (χ1n) is 11.1. The summed E-state index contributed by atoms with van der Waals surface area (Å²) in [6.07, 6.45) is 1.74. The number of benzene rings is 2. The number of hydrogen-bond acceptors (Lipinski definition) is 7. The molecule has 2 fully saturated rings. The van der Waals surface area contributed by atoms with Crippen molar-refractivity contribution in [3.8, 4) is 5.75 Å². The Hall–Kier alpha value is -4.14. The summed E-state index contributed by atoms with van der Waals surface area (Å²) < 4.78 is 10.9. The van der Waals surface area contributed by atoms with E-state index in [-0.39, 0.29) is 48.6 Å². The maximum atomic E-state index is 13.7. The number of para-hydroxylation sites is 1. The van der Waals surface area contributed by atoms with Crippen molar-refractivity contribution in [2.24, 2.45) is 0 Å². The van der Waals surface area contributed by atoms with E-state index in [9.17, 15) is 24.3 Å². The minimum atomic E-state index is -1.56. The van der Waals surface area contributed by atoms with E-state index in [1.54, 1.807) is 30.3 Å². The molecule has 1 N–H and O–H groups in total. The quantitative estimate of drug-likeness (QED) is 0.470. The Labute approximate surface area is 193 Å². The van der Waals surface area contributed by atoms with Crippen molar-refractivity contribution in [3.05, 3.63) is 70.1 Å². The van der Waals surface area contributed by atoms with Gasteiger partial charge < -0.3 is 19.2 Å². The summed E-state index contributed by atoms with van der Waals surface area (Å²) in [5.74, 6) is -1.32. The van der Waals surface area contributed by atoms with Gasteiger partial charge in [0.05, 0.1) is 11.3 Å². The van der Waals surface area contributed by atoms with E-state index in [0.29, 0.717) is 22.2 Å². The lowest BCUT2D eigenvalue weighted by atomic mass is 9.96. The van der Waals surface area contributed by atoms with Gasteiger partial charge in [-0.3, -0.25) is 14.5 Å². The highest BCUT2D eigenvalue weighted by Crippen LogP contribution is 2.49. The van der Waals surface area contributed by atoms with Crippen LogP contribution < -0.4 is 10.5 Å². The van der Waals surface area contributed by atoms with Gasteiger partial charge in [0.2, 0.25) is 11.6 Å². The van der Waals surface area contributed by atoms with Crippen LogP contribution in [0.1, 0.15) is 41.6 Å². The van der Waals surface area contributed by atoms with Gasteiger partial charge >= 0.3 is 11.6 Å². The van der Waals surface area contributed by atoms with Crippen molar-refractivity contribution < 1.29 is 28.6 Å². The van der Waals surface area contributed by atoms with Gasteiger partial charge in [0.15, 0.2) is 0 Å².